The predicted octanol–water partition coefficient (Wildman–Crippen LogP) is 1.07. The molecule has 5 nitrogen and oxygen atoms in total. The Bertz CT molecular complexity index is 332. The molecule has 1 saturated carbocycles. The Kier molecular flexibility index (Phi) is 1.64. The Balaban J connectivity index is 2.36. The van der Waals surface area contributed by atoms with E-state index in [0.29, 0.717) is 10.6 Å². The van der Waals surface area contributed by atoms with E-state index in [4.69, 9.17) is 5.11 Å². The summed E-state index contributed by atoms with van der Waals surface area (Å²) in [5, 5.41) is 16.4. The second-order valence-electron chi connectivity index (χ2n) is 2.70. The summed E-state index contributed by atoms with van der Waals surface area (Å²) in [7, 11) is 0. The van der Waals surface area contributed by atoms with Crippen molar-refractivity contribution in [2.45, 2.75) is 18.9 Å². The number of rotatable bonds is 2. The first-order valence-corrected chi connectivity index (χ1v) is 4.33. The van der Waals surface area contributed by atoms with Crippen LogP contribution in [0.4, 0.5) is 0 Å². The van der Waals surface area contributed by atoms with Crippen LogP contribution in [0.25, 0.3) is 0 Å². The maximum absolute atomic E-state index is 10.5. The highest BCUT2D eigenvalue weighted by molar-refractivity contribution is 9.10. The van der Waals surface area contributed by atoms with Crippen LogP contribution < -0.4 is 0 Å². The normalized spacial score (nSPS) is 16.4. The lowest BCUT2D eigenvalue weighted by atomic mass is 10.5. The number of nitrogens with zero attached hydrogens (tertiary/aromatic N) is 3. The van der Waals surface area contributed by atoms with E-state index in [0.717, 1.165) is 12.8 Å². The molecule has 6 heteroatoms. The van der Waals surface area contributed by atoms with Crippen molar-refractivity contribution in [3.8, 4) is 0 Å². The van der Waals surface area contributed by atoms with Crippen molar-refractivity contribution in [3.63, 3.8) is 0 Å². The number of hydrogen-bond acceptors (Lipinski definition) is 3. The van der Waals surface area contributed by atoms with Crippen LogP contribution in [0.5, 0.6) is 0 Å². The number of carboxylic acids is 1. The lowest BCUT2D eigenvalue weighted by Crippen LogP contribution is -2.02. The minimum absolute atomic E-state index is 0.0121. The second-order valence-corrected chi connectivity index (χ2v) is 3.45. The van der Waals surface area contributed by atoms with Gasteiger partial charge in [0.1, 0.15) is 0 Å². The molecular weight excluding hydrogens is 226 g/mol. The van der Waals surface area contributed by atoms with E-state index in [2.05, 4.69) is 26.1 Å². The topological polar surface area (TPSA) is 68.0 Å². The first kappa shape index (κ1) is 7.72. The molecule has 64 valence electrons. The largest absolute Gasteiger partial charge is 0.476 e. The van der Waals surface area contributed by atoms with E-state index in [1.807, 2.05) is 0 Å². The first-order valence-electron chi connectivity index (χ1n) is 3.54. The molecule has 0 aromatic carbocycles. The SMILES string of the molecule is O=C(O)c1nn(C2CC2)nc1Br. The van der Waals surface area contributed by atoms with Crippen LogP contribution >= 0.6 is 15.9 Å². The van der Waals surface area contributed by atoms with Gasteiger partial charge in [-0.1, -0.05) is 0 Å². The van der Waals surface area contributed by atoms with Crippen LogP contribution in [0, 0.1) is 0 Å². The number of carboxylic acid groups (broad SMARTS) is 1. The van der Waals surface area contributed by atoms with Crippen molar-refractivity contribution in [1.82, 2.24) is 15.0 Å². The van der Waals surface area contributed by atoms with Gasteiger partial charge in [-0.2, -0.15) is 4.80 Å². The van der Waals surface area contributed by atoms with Gasteiger partial charge in [0.25, 0.3) is 0 Å². The molecule has 0 unspecified atom stereocenters. The average molecular weight is 232 g/mol. The standard InChI is InChI=1S/C6H6BrN3O2/c7-5-4(6(11)12)8-10(9-5)3-1-2-3/h3H,1-2H2,(H,11,12). The lowest BCUT2D eigenvalue weighted by Gasteiger charge is -1.89. The summed E-state index contributed by atoms with van der Waals surface area (Å²) in [6.45, 7) is 0. The van der Waals surface area contributed by atoms with Gasteiger partial charge >= 0.3 is 5.97 Å². The van der Waals surface area contributed by atoms with E-state index >= 15 is 0 Å². The fourth-order valence-electron chi connectivity index (χ4n) is 0.903. The third-order valence-electron chi connectivity index (χ3n) is 1.66. The minimum Gasteiger partial charge on any atom is -0.476 e. The molecule has 1 fully saturated rings. The van der Waals surface area contributed by atoms with Gasteiger partial charge < -0.3 is 5.11 Å². The lowest BCUT2D eigenvalue weighted by molar-refractivity contribution is 0.0688. The molecule has 0 radical (unpaired) electrons. The van der Waals surface area contributed by atoms with E-state index in [1.165, 1.54) is 4.80 Å². The predicted molar refractivity (Wildman–Crippen MR) is 43.0 cm³/mol. The molecule has 1 aliphatic carbocycles. The number of aromatic carboxylic acids is 1. The molecule has 1 aromatic heterocycles. The van der Waals surface area contributed by atoms with E-state index < -0.39 is 5.97 Å². The van der Waals surface area contributed by atoms with Crippen LogP contribution in [-0.4, -0.2) is 26.1 Å². The average Bonchev–Trinajstić information content (AvgIpc) is 2.75. The smallest absolute Gasteiger partial charge is 0.359 e. The van der Waals surface area contributed by atoms with Crippen LogP contribution in [0.2, 0.25) is 0 Å². The van der Waals surface area contributed by atoms with Gasteiger partial charge in [0.05, 0.1) is 6.04 Å². The summed E-state index contributed by atoms with van der Waals surface area (Å²) in [5.41, 5.74) is -0.0121. The molecule has 0 spiro atoms. The van der Waals surface area contributed by atoms with E-state index in [-0.39, 0.29) is 5.69 Å². The first-order chi connectivity index (χ1) is 5.68. The highest BCUT2D eigenvalue weighted by Gasteiger charge is 2.28. The fraction of sp³-hybridized carbons (Fsp3) is 0.500. The maximum Gasteiger partial charge on any atom is 0.359 e. The highest BCUT2D eigenvalue weighted by Crippen LogP contribution is 2.33. The van der Waals surface area contributed by atoms with Crippen molar-refractivity contribution in [2.24, 2.45) is 0 Å². The van der Waals surface area contributed by atoms with Crippen molar-refractivity contribution in [2.75, 3.05) is 0 Å². The van der Waals surface area contributed by atoms with Gasteiger partial charge in [-0.05, 0) is 28.8 Å². The molecule has 1 aromatic rings. The van der Waals surface area contributed by atoms with Crippen LogP contribution in [-0.2, 0) is 0 Å². The Hall–Kier alpha value is -0.910. The maximum atomic E-state index is 10.5. The number of hydrogen-bond donors (Lipinski definition) is 1. The van der Waals surface area contributed by atoms with Gasteiger partial charge in [0.15, 0.2) is 4.60 Å². The molecule has 0 aliphatic heterocycles. The van der Waals surface area contributed by atoms with Crippen LogP contribution in [0.15, 0.2) is 4.60 Å². The van der Waals surface area contributed by atoms with Crippen LogP contribution in [0.1, 0.15) is 29.4 Å². The molecule has 12 heavy (non-hydrogen) atoms. The summed E-state index contributed by atoms with van der Waals surface area (Å²) in [5.74, 6) is -1.05. The van der Waals surface area contributed by atoms with Crippen molar-refractivity contribution in [3.05, 3.63) is 10.3 Å². The van der Waals surface area contributed by atoms with Crippen molar-refractivity contribution >= 4 is 21.9 Å². The zero-order chi connectivity index (χ0) is 8.72. The second kappa shape index (κ2) is 2.55. The quantitative estimate of drug-likeness (QED) is 0.828. The minimum atomic E-state index is -1.05. The zero-order valence-electron chi connectivity index (χ0n) is 6.07. The number of carbonyl (C=O) groups is 1. The Morgan fingerprint density at radius 3 is 2.67 bits per heavy atom. The molecule has 2 rings (SSSR count). The Morgan fingerprint density at radius 1 is 1.58 bits per heavy atom. The van der Waals surface area contributed by atoms with Crippen molar-refractivity contribution < 1.29 is 9.90 Å². The van der Waals surface area contributed by atoms with Gasteiger partial charge in [0.2, 0.25) is 5.69 Å². The molecular formula is C6H6BrN3O2. The summed E-state index contributed by atoms with van der Waals surface area (Å²) in [6.07, 6.45) is 2.08. The highest BCUT2D eigenvalue weighted by atomic mass is 79.9. The van der Waals surface area contributed by atoms with Gasteiger partial charge in [-0.15, -0.1) is 10.2 Å². The molecule has 0 amide bonds. The third-order valence-corrected chi connectivity index (χ3v) is 2.20. The summed E-state index contributed by atoms with van der Waals surface area (Å²) < 4.78 is 0.307. The summed E-state index contributed by atoms with van der Waals surface area (Å²) in [6, 6.07) is 0.314. The Labute approximate surface area is 76.5 Å². The van der Waals surface area contributed by atoms with Crippen molar-refractivity contribution in [1.29, 1.82) is 0 Å². The van der Waals surface area contributed by atoms with Crippen LogP contribution in [0.3, 0.4) is 0 Å². The van der Waals surface area contributed by atoms with E-state index in [1.54, 1.807) is 0 Å². The molecule has 0 atom stereocenters. The third kappa shape index (κ3) is 1.22. The Morgan fingerprint density at radius 2 is 2.25 bits per heavy atom. The number of halogens is 1. The van der Waals surface area contributed by atoms with Gasteiger partial charge in [0, 0.05) is 0 Å². The molecule has 0 bridgehead atoms. The summed E-state index contributed by atoms with van der Waals surface area (Å²) >= 11 is 3.04. The molecule has 1 heterocycles. The van der Waals surface area contributed by atoms with Gasteiger partial charge in [-0.25, -0.2) is 4.79 Å². The molecule has 1 aliphatic rings. The fourth-order valence-corrected chi connectivity index (χ4v) is 1.31. The van der Waals surface area contributed by atoms with E-state index in [9.17, 15) is 4.79 Å². The van der Waals surface area contributed by atoms with Gasteiger partial charge in [-0.3, -0.25) is 0 Å². The monoisotopic (exact) mass is 231 g/mol. The molecule has 1 N–H and O–H groups in total. The molecule has 0 saturated heterocycles. The summed E-state index contributed by atoms with van der Waals surface area (Å²) in [4.78, 5) is 12.0. The number of aromatic nitrogens is 3. The zero-order valence-corrected chi connectivity index (χ0v) is 7.65.